The van der Waals surface area contributed by atoms with Gasteiger partial charge in [-0.25, -0.2) is 4.39 Å². The summed E-state index contributed by atoms with van der Waals surface area (Å²) >= 11 is 3.26. The van der Waals surface area contributed by atoms with Gasteiger partial charge in [-0.05, 0) is 39.0 Å². The predicted molar refractivity (Wildman–Crippen MR) is 83.6 cm³/mol. The molecule has 0 aromatic heterocycles. The van der Waals surface area contributed by atoms with Crippen LogP contribution in [0.15, 0.2) is 46.9 Å². The molecule has 0 aliphatic rings. The van der Waals surface area contributed by atoms with E-state index in [4.69, 9.17) is 4.74 Å². The zero-order valence-corrected chi connectivity index (χ0v) is 13.5. The minimum absolute atomic E-state index is 0.00969. The van der Waals surface area contributed by atoms with Gasteiger partial charge in [-0.15, -0.1) is 0 Å². The second-order valence-corrected chi connectivity index (χ2v) is 6.54. The first-order valence-electron chi connectivity index (χ1n) is 6.55. The molecule has 2 aromatic rings. The molecule has 0 bridgehead atoms. The lowest BCUT2D eigenvalue weighted by Crippen LogP contribution is -2.13. The Labute approximate surface area is 127 Å². The van der Waals surface area contributed by atoms with Gasteiger partial charge in [0.2, 0.25) is 0 Å². The normalized spacial score (nSPS) is 11.4. The molecule has 0 unspecified atom stereocenters. The van der Waals surface area contributed by atoms with Crippen LogP contribution >= 0.6 is 15.9 Å². The number of ether oxygens (including phenoxy) is 1. The van der Waals surface area contributed by atoms with E-state index in [1.165, 1.54) is 6.07 Å². The van der Waals surface area contributed by atoms with Crippen LogP contribution in [-0.2, 0) is 12.0 Å². The molecule has 0 heterocycles. The summed E-state index contributed by atoms with van der Waals surface area (Å²) in [4.78, 5) is 0. The highest BCUT2D eigenvalue weighted by Gasteiger charge is 2.18. The summed E-state index contributed by atoms with van der Waals surface area (Å²) in [6.07, 6.45) is 0. The maximum absolute atomic E-state index is 13.5. The molecule has 1 nitrogen and oxygen atoms in total. The van der Waals surface area contributed by atoms with Crippen LogP contribution < -0.4 is 4.74 Å². The van der Waals surface area contributed by atoms with E-state index < -0.39 is 0 Å². The summed E-state index contributed by atoms with van der Waals surface area (Å²) in [6, 6.07) is 12.9. The number of rotatable bonds is 3. The molecule has 2 rings (SSSR count). The van der Waals surface area contributed by atoms with Gasteiger partial charge in [0.05, 0.1) is 4.47 Å². The zero-order valence-electron chi connectivity index (χ0n) is 11.9. The van der Waals surface area contributed by atoms with Gasteiger partial charge < -0.3 is 4.74 Å². The first kappa shape index (κ1) is 15.0. The lowest BCUT2D eigenvalue weighted by Gasteiger charge is -2.22. The van der Waals surface area contributed by atoms with Crippen molar-refractivity contribution >= 4 is 15.9 Å². The van der Waals surface area contributed by atoms with E-state index in [1.807, 2.05) is 24.3 Å². The third-order valence-electron chi connectivity index (χ3n) is 3.11. The SMILES string of the molecule is CC(C)(C)c1ccccc1OCc1cccc(F)c1Br. The summed E-state index contributed by atoms with van der Waals surface area (Å²) in [5.41, 5.74) is 1.96. The Morgan fingerprint density at radius 3 is 2.45 bits per heavy atom. The highest BCUT2D eigenvalue weighted by atomic mass is 79.9. The van der Waals surface area contributed by atoms with Crippen molar-refractivity contribution in [3.63, 3.8) is 0 Å². The maximum atomic E-state index is 13.5. The van der Waals surface area contributed by atoms with Gasteiger partial charge in [0, 0.05) is 5.56 Å². The van der Waals surface area contributed by atoms with Gasteiger partial charge in [-0.1, -0.05) is 51.1 Å². The van der Waals surface area contributed by atoms with Crippen molar-refractivity contribution in [2.24, 2.45) is 0 Å². The first-order chi connectivity index (χ1) is 9.39. The third-order valence-corrected chi connectivity index (χ3v) is 4.00. The molecule has 0 amide bonds. The molecule has 20 heavy (non-hydrogen) atoms. The molecule has 0 aliphatic carbocycles. The van der Waals surface area contributed by atoms with Crippen molar-refractivity contribution in [1.82, 2.24) is 0 Å². The van der Waals surface area contributed by atoms with Crippen molar-refractivity contribution in [3.8, 4) is 5.75 Å². The van der Waals surface area contributed by atoms with Crippen molar-refractivity contribution in [1.29, 1.82) is 0 Å². The van der Waals surface area contributed by atoms with E-state index in [1.54, 1.807) is 6.07 Å². The van der Waals surface area contributed by atoms with Crippen LogP contribution in [0.4, 0.5) is 4.39 Å². The molecule has 0 saturated carbocycles. The summed E-state index contributed by atoms with van der Waals surface area (Å²) in [5.74, 6) is 0.575. The molecular weight excluding hydrogens is 319 g/mol. The Balaban J connectivity index is 2.22. The van der Waals surface area contributed by atoms with Crippen LogP contribution in [0.1, 0.15) is 31.9 Å². The summed E-state index contributed by atoms with van der Waals surface area (Å²) in [5, 5.41) is 0. The molecule has 0 fully saturated rings. The van der Waals surface area contributed by atoms with E-state index >= 15 is 0 Å². The molecule has 0 atom stereocenters. The third kappa shape index (κ3) is 3.40. The minimum Gasteiger partial charge on any atom is -0.489 e. The Kier molecular flexibility index (Phi) is 4.48. The molecule has 0 spiro atoms. The second kappa shape index (κ2) is 5.96. The van der Waals surface area contributed by atoms with Crippen LogP contribution in [0, 0.1) is 5.82 Å². The molecule has 0 saturated heterocycles. The van der Waals surface area contributed by atoms with E-state index in [2.05, 4.69) is 42.8 Å². The Bertz CT molecular complexity index is 602. The molecule has 3 heteroatoms. The molecule has 106 valence electrons. The molecule has 2 aromatic carbocycles. The van der Waals surface area contributed by atoms with Crippen LogP contribution in [0.3, 0.4) is 0 Å². The van der Waals surface area contributed by atoms with Gasteiger partial charge in [0.15, 0.2) is 0 Å². The Morgan fingerprint density at radius 2 is 1.75 bits per heavy atom. The van der Waals surface area contributed by atoms with E-state index in [-0.39, 0.29) is 11.2 Å². The van der Waals surface area contributed by atoms with Crippen LogP contribution in [0.2, 0.25) is 0 Å². The quantitative estimate of drug-likeness (QED) is 0.722. The van der Waals surface area contributed by atoms with Crippen LogP contribution in [-0.4, -0.2) is 0 Å². The standard InChI is InChI=1S/C17H18BrFO/c1-17(2,3)13-8-4-5-10-15(13)20-11-12-7-6-9-14(19)16(12)18/h4-10H,11H2,1-3H3. The number of hydrogen-bond acceptors (Lipinski definition) is 1. The van der Waals surface area contributed by atoms with Crippen molar-refractivity contribution in [2.75, 3.05) is 0 Å². The van der Waals surface area contributed by atoms with Crippen LogP contribution in [0.25, 0.3) is 0 Å². The van der Waals surface area contributed by atoms with Crippen molar-refractivity contribution in [2.45, 2.75) is 32.8 Å². The summed E-state index contributed by atoms with van der Waals surface area (Å²) in [6.45, 7) is 6.78. The summed E-state index contributed by atoms with van der Waals surface area (Å²) in [7, 11) is 0. The largest absolute Gasteiger partial charge is 0.489 e. The summed E-state index contributed by atoms with van der Waals surface area (Å²) < 4.78 is 19.8. The van der Waals surface area contributed by atoms with E-state index in [9.17, 15) is 4.39 Å². The molecular formula is C17H18BrFO. The van der Waals surface area contributed by atoms with Gasteiger partial charge in [-0.3, -0.25) is 0 Å². The smallest absolute Gasteiger partial charge is 0.137 e. The average Bonchev–Trinajstić information content (AvgIpc) is 2.40. The van der Waals surface area contributed by atoms with Gasteiger partial charge in [-0.2, -0.15) is 0 Å². The van der Waals surface area contributed by atoms with Crippen LogP contribution in [0.5, 0.6) is 5.75 Å². The highest BCUT2D eigenvalue weighted by Crippen LogP contribution is 2.32. The second-order valence-electron chi connectivity index (χ2n) is 5.75. The first-order valence-corrected chi connectivity index (χ1v) is 7.34. The fraction of sp³-hybridized carbons (Fsp3) is 0.294. The Morgan fingerprint density at radius 1 is 1.05 bits per heavy atom. The molecule has 0 N–H and O–H groups in total. The minimum atomic E-state index is -0.268. The number of hydrogen-bond donors (Lipinski definition) is 0. The van der Waals surface area contributed by atoms with E-state index in [0.717, 1.165) is 16.9 Å². The zero-order chi connectivity index (χ0) is 14.8. The average molecular weight is 337 g/mol. The van der Waals surface area contributed by atoms with Crippen molar-refractivity contribution in [3.05, 3.63) is 63.9 Å². The fourth-order valence-corrected chi connectivity index (χ4v) is 2.41. The topological polar surface area (TPSA) is 9.23 Å². The fourth-order valence-electron chi connectivity index (χ4n) is 2.03. The van der Waals surface area contributed by atoms with Gasteiger partial charge in [0.25, 0.3) is 0 Å². The number of para-hydroxylation sites is 1. The highest BCUT2D eigenvalue weighted by molar-refractivity contribution is 9.10. The number of halogens is 2. The van der Waals surface area contributed by atoms with E-state index in [0.29, 0.717) is 11.1 Å². The maximum Gasteiger partial charge on any atom is 0.137 e. The van der Waals surface area contributed by atoms with Gasteiger partial charge in [0.1, 0.15) is 18.2 Å². The molecule has 0 radical (unpaired) electrons. The lowest BCUT2D eigenvalue weighted by molar-refractivity contribution is 0.296. The van der Waals surface area contributed by atoms with Crippen molar-refractivity contribution < 1.29 is 9.13 Å². The lowest BCUT2D eigenvalue weighted by atomic mass is 9.86. The van der Waals surface area contributed by atoms with Gasteiger partial charge >= 0.3 is 0 Å². The number of benzene rings is 2. The predicted octanol–water partition coefficient (Wildman–Crippen LogP) is 5.46. The Hall–Kier alpha value is -1.35. The monoisotopic (exact) mass is 336 g/mol. The molecule has 0 aliphatic heterocycles.